The van der Waals surface area contributed by atoms with E-state index in [1.807, 2.05) is 6.07 Å². The third kappa shape index (κ3) is 1.22. The first-order valence-electron chi connectivity index (χ1n) is 2.95. The van der Waals surface area contributed by atoms with Crippen molar-refractivity contribution in [3.8, 4) is 5.88 Å². The lowest BCUT2D eigenvalue weighted by atomic mass is 10.3. The van der Waals surface area contributed by atoms with E-state index in [0.29, 0.717) is 5.88 Å². The third-order valence-electron chi connectivity index (χ3n) is 1.20. The smallest absolute Gasteiger partial charge is 0.232 e. The zero-order valence-corrected chi connectivity index (χ0v) is 5.64. The minimum atomic E-state index is 0.659. The second kappa shape index (κ2) is 2.53. The van der Waals surface area contributed by atoms with Gasteiger partial charge in [-0.05, 0) is 6.42 Å². The number of nitrogens with one attached hydrogen (secondary N) is 1. The molecule has 1 rings (SSSR count). The average molecular weight is 126 g/mol. The molecule has 50 valence electrons. The molecule has 0 saturated carbocycles. The summed E-state index contributed by atoms with van der Waals surface area (Å²) in [6.45, 7) is 2.06. The number of nitrogens with zero attached hydrogens (tertiary/aromatic N) is 1. The summed E-state index contributed by atoms with van der Waals surface area (Å²) in [5, 5.41) is 6.69. The lowest BCUT2D eigenvalue weighted by Crippen LogP contribution is -1.79. The first-order chi connectivity index (χ1) is 4.36. The molecule has 0 radical (unpaired) electrons. The molecular weight excluding hydrogens is 116 g/mol. The molecular formula is C6H10N2O. The highest BCUT2D eigenvalue weighted by molar-refractivity contribution is 5.13. The summed E-state index contributed by atoms with van der Waals surface area (Å²) >= 11 is 0. The molecule has 3 nitrogen and oxygen atoms in total. The monoisotopic (exact) mass is 126 g/mol. The average Bonchev–Trinajstić information content (AvgIpc) is 2.34. The highest BCUT2D eigenvalue weighted by Gasteiger charge is 1.95. The summed E-state index contributed by atoms with van der Waals surface area (Å²) in [6, 6.07) is 1.89. The number of aromatic amines is 1. The van der Waals surface area contributed by atoms with Gasteiger partial charge in [0, 0.05) is 11.8 Å². The van der Waals surface area contributed by atoms with E-state index >= 15 is 0 Å². The number of ether oxygens (including phenoxy) is 1. The van der Waals surface area contributed by atoms with Crippen LogP contribution in [-0.2, 0) is 6.42 Å². The van der Waals surface area contributed by atoms with Gasteiger partial charge in [0.1, 0.15) is 0 Å². The van der Waals surface area contributed by atoms with Gasteiger partial charge in [-0.2, -0.15) is 0 Å². The van der Waals surface area contributed by atoms with Crippen LogP contribution in [0.2, 0.25) is 0 Å². The molecule has 0 aliphatic carbocycles. The van der Waals surface area contributed by atoms with E-state index < -0.39 is 0 Å². The zero-order chi connectivity index (χ0) is 6.69. The van der Waals surface area contributed by atoms with E-state index in [9.17, 15) is 0 Å². The van der Waals surface area contributed by atoms with Crippen molar-refractivity contribution < 1.29 is 4.74 Å². The summed E-state index contributed by atoms with van der Waals surface area (Å²) in [5.41, 5.74) is 1.10. The Balaban J connectivity index is 2.74. The molecule has 0 spiro atoms. The van der Waals surface area contributed by atoms with Gasteiger partial charge in [-0.25, -0.2) is 0 Å². The normalized spacial score (nSPS) is 9.56. The van der Waals surface area contributed by atoms with Crippen LogP contribution in [0.25, 0.3) is 0 Å². The number of methoxy groups -OCH3 is 1. The van der Waals surface area contributed by atoms with Crippen LogP contribution >= 0.6 is 0 Å². The summed E-state index contributed by atoms with van der Waals surface area (Å²) < 4.78 is 4.85. The largest absolute Gasteiger partial charge is 0.480 e. The number of aryl methyl sites for hydroxylation is 1. The van der Waals surface area contributed by atoms with Gasteiger partial charge in [-0.1, -0.05) is 6.92 Å². The van der Waals surface area contributed by atoms with E-state index in [1.165, 1.54) is 0 Å². The van der Waals surface area contributed by atoms with Gasteiger partial charge in [0.05, 0.1) is 7.11 Å². The van der Waals surface area contributed by atoms with Crippen molar-refractivity contribution in [2.75, 3.05) is 7.11 Å². The lowest BCUT2D eigenvalue weighted by molar-refractivity contribution is 0.397. The molecule has 0 amide bonds. The Morgan fingerprint density at radius 1 is 1.78 bits per heavy atom. The second-order valence-electron chi connectivity index (χ2n) is 1.79. The van der Waals surface area contributed by atoms with Crippen molar-refractivity contribution in [1.29, 1.82) is 0 Å². The van der Waals surface area contributed by atoms with Gasteiger partial charge < -0.3 is 4.74 Å². The molecule has 3 heteroatoms. The number of hydrogen-bond acceptors (Lipinski definition) is 2. The Bertz CT molecular complexity index is 164. The van der Waals surface area contributed by atoms with Crippen LogP contribution < -0.4 is 4.74 Å². The van der Waals surface area contributed by atoms with E-state index in [0.717, 1.165) is 12.1 Å². The Kier molecular flexibility index (Phi) is 1.72. The van der Waals surface area contributed by atoms with Gasteiger partial charge in [0.15, 0.2) is 0 Å². The highest BCUT2D eigenvalue weighted by Crippen LogP contribution is 2.06. The van der Waals surface area contributed by atoms with Crippen molar-refractivity contribution in [3.05, 3.63) is 11.8 Å². The van der Waals surface area contributed by atoms with Crippen LogP contribution in [-0.4, -0.2) is 17.3 Å². The van der Waals surface area contributed by atoms with Crippen LogP contribution in [0.15, 0.2) is 6.07 Å². The summed E-state index contributed by atoms with van der Waals surface area (Å²) in [5.74, 6) is 0.659. The molecule has 1 N–H and O–H groups in total. The first kappa shape index (κ1) is 6.13. The predicted molar refractivity (Wildman–Crippen MR) is 34.5 cm³/mol. The molecule has 0 aromatic carbocycles. The van der Waals surface area contributed by atoms with E-state index in [-0.39, 0.29) is 0 Å². The van der Waals surface area contributed by atoms with Crippen molar-refractivity contribution in [2.45, 2.75) is 13.3 Å². The van der Waals surface area contributed by atoms with Crippen molar-refractivity contribution in [3.63, 3.8) is 0 Å². The maximum absolute atomic E-state index is 4.85. The maximum Gasteiger partial charge on any atom is 0.232 e. The molecule has 1 aromatic heterocycles. The Labute approximate surface area is 54.0 Å². The molecule has 0 unspecified atom stereocenters. The van der Waals surface area contributed by atoms with Crippen LogP contribution in [0.4, 0.5) is 0 Å². The third-order valence-corrected chi connectivity index (χ3v) is 1.20. The molecule has 9 heavy (non-hydrogen) atoms. The zero-order valence-electron chi connectivity index (χ0n) is 5.64. The molecule has 1 heterocycles. The summed E-state index contributed by atoms with van der Waals surface area (Å²) in [6.07, 6.45) is 0.969. The minimum absolute atomic E-state index is 0.659. The van der Waals surface area contributed by atoms with Gasteiger partial charge in [-0.3, -0.25) is 5.10 Å². The molecule has 0 fully saturated rings. The Hall–Kier alpha value is -0.990. The molecule has 0 aliphatic rings. The second-order valence-corrected chi connectivity index (χ2v) is 1.79. The lowest BCUT2D eigenvalue weighted by Gasteiger charge is -1.85. The van der Waals surface area contributed by atoms with Crippen LogP contribution in [0.3, 0.4) is 0 Å². The van der Waals surface area contributed by atoms with Crippen LogP contribution in [0, 0.1) is 0 Å². The van der Waals surface area contributed by atoms with Crippen LogP contribution in [0.1, 0.15) is 12.6 Å². The SMILES string of the molecule is CCc1cc(OC)n[nH]1. The molecule has 0 saturated heterocycles. The predicted octanol–water partition coefficient (Wildman–Crippen LogP) is 0.981. The number of H-pyrrole nitrogens is 1. The molecule has 1 aromatic rings. The summed E-state index contributed by atoms with van der Waals surface area (Å²) in [7, 11) is 1.61. The van der Waals surface area contributed by atoms with Gasteiger partial charge in [0.25, 0.3) is 0 Å². The number of aromatic nitrogens is 2. The van der Waals surface area contributed by atoms with Crippen molar-refractivity contribution in [1.82, 2.24) is 10.2 Å². The number of hydrogen-bond donors (Lipinski definition) is 1. The van der Waals surface area contributed by atoms with E-state index in [2.05, 4.69) is 17.1 Å². The molecule has 0 bridgehead atoms. The fourth-order valence-corrected chi connectivity index (χ4v) is 0.626. The highest BCUT2D eigenvalue weighted by atomic mass is 16.5. The quantitative estimate of drug-likeness (QED) is 0.641. The van der Waals surface area contributed by atoms with E-state index in [1.54, 1.807) is 7.11 Å². The first-order valence-corrected chi connectivity index (χ1v) is 2.95. The van der Waals surface area contributed by atoms with Gasteiger partial charge >= 0.3 is 0 Å². The molecule has 0 aliphatic heterocycles. The standard InChI is InChI=1S/C6H10N2O/c1-3-5-4-6(9-2)8-7-5/h4H,3H2,1-2H3,(H,7,8). The number of rotatable bonds is 2. The fraction of sp³-hybridized carbons (Fsp3) is 0.500. The van der Waals surface area contributed by atoms with Crippen LogP contribution in [0.5, 0.6) is 5.88 Å². The van der Waals surface area contributed by atoms with Gasteiger partial charge in [0.2, 0.25) is 5.88 Å². The minimum Gasteiger partial charge on any atom is -0.480 e. The Morgan fingerprint density at radius 2 is 2.56 bits per heavy atom. The Morgan fingerprint density at radius 3 is 2.89 bits per heavy atom. The van der Waals surface area contributed by atoms with Crippen molar-refractivity contribution >= 4 is 0 Å². The molecule has 0 atom stereocenters. The maximum atomic E-state index is 4.85. The fourth-order valence-electron chi connectivity index (χ4n) is 0.626. The summed E-state index contributed by atoms with van der Waals surface area (Å²) in [4.78, 5) is 0. The van der Waals surface area contributed by atoms with E-state index in [4.69, 9.17) is 4.74 Å². The van der Waals surface area contributed by atoms with Crippen molar-refractivity contribution in [2.24, 2.45) is 0 Å². The topological polar surface area (TPSA) is 37.9 Å². The van der Waals surface area contributed by atoms with Gasteiger partial charge in [-0.15, -0.1) is 5.10 Å².